The minimum Gasteiger partial charge on any atom is -0.484 e. The van der Waals surface area contributed by atoms with Crippen molar-refractivity contribution in [3.8, 4) is 17.0 Å². The molecule has 2 aromatic carbocycles. The number of nitrogens with one attached hydrogen (secondary N) is 3. The van der Waals surface area contributed by atoms with Gasteiger partial charge in [0, 0.05) is 31.4 Å². The molecule has 0 fully saturated rings. The van der Waals surface area contributed by atoms with E-state index in [0.717, 1.165) is 11.1 Å². The van der Waals surface area contributed by atoms with E-state index in [1.165, 1.54) is 11.7 Å². The van der Waals surface area contributed by atoms with Gasteiger partial charge in [0.1, 0.15) is 11.6 Å². The highest BCUT2D eigenvalue weighted by Crippen LogP contribution is 2.25. The summed E-state index contributed by atoms with van der Waals surface area (Å²) in [7, 11) is 3.21. The lowest BCUT2D eigenvalue weighted by Crippen LogP contribution is -2.30. The molecule has 3 aromatic rings. The number of rotatable bonds is 6. The molecule has 0 bridgehead atoms. The van der Waals surface area contributed by atoms with Gasteiger partial charge in [-0.1, -0.05) is 24.3 Å². The zero-order valence-electron chi connectivity index (χ0n) is 18.4. The molecule has 9 heteroatoms. The molecule has 0 saturated heterocycles. The second kappa shape index (κ2) is 9.78. The topological polar surface area (TPSA) is 114 Å². The summed E-state index contributed by atoms with van der Waals surface area (Å²) in [6.45, 7) is 3.63. The summed E-state index contributed by atoms with van der Waals surface area (Å²) in [5.74, 6) is -1.00. The molecule has 3 rings (SSSR count). The Labute approximate surface area is 185 Å². The van der Waals surface area contributed by atoms with Gasteiger partial charge in [-0.15, -0.1) is 0 Å². The maximum atomic E-state index is 12.4. The van der Waals surface area contributed by atoms with E-state index in [1.54, 1.807) is 38.2 Å². The third-order valence-corrected chi connectivity index (χ3v) is 4.84. The molecular weight excluding hydrogens is 410 g/mol. The monoisotopic (exact) mass is 435 g/mol. The van der Waals surface area contributed by atoms with Gasteiger partial charge in [-0.05, 0) is 43.2 Å². The number of benzene rings is 2. The molecule has 0 saturated carbocycles. The zero-order valence-corrected chi connectivity index (χ0v) is 18.4. The Morgan fingerprint density at radius 3 is 2.38 bits per heavy atom. The minimum atomic E-state index is -0.816. The van der Waals surface area contributed by atoms with Crippen molar-refractivity contribution in [1.29, 1.82) is 0 Å². The van der Waals surface area contributed by atoms with Gasteiger partial charge >= 0.3 is 11.8 Å². The zero-order chi connectivity index (χ0) is 23.3. The standard InChI is InChI=1S/C23H25N5O4/c1-14-7-5-6-8-17(14)19-12-20(28(4)27-19)26-23(31)22(30)25-18-10-9-16(11-15(18)2)32-13-21(29)24-3/h5-12H,13H2,1-4H3,(H,24,29)(H,25,30)(H,26,31). The number of aromatic nitrogens is 2. The average Bonchev–Trinajstić information content (AvgIpc) is 3.13. The number of carbonyl (C=O) groups is 3. The fraction of sp³-hybridized carbons (Fsp3) is 0.217. The molecule has 0 atom stereocenters. The van der Waals surface area contributed by atoms with Crippen LogP contribution in [0.1, 0.15) is 11.1 Å². The Bertz CT molecular complexity index is 1170. The lowest BCUT2D eigenvalue weighted by molar-refractivity contribution is -0.133. The summed E-state index contributed by atoms with van der Waals surface area (Å²) >= 11 is 0. The Hall–Kier alpha value is -4.14. The normalized spacial score (nSPS) is 10.4. The van der Waals surface area contributed by atoms with Crippen LogP contribution in [0.3, 0.4) is 0 Å². The third kappa shape index (κ3) is 5.31. The maximum Gasteiger partial charge on any atom is 0.315 e. The van der Waals surface area contributed by atoms with Gasteiger partial charge < -0.3 is 20.7 Å². The van der Waals surface area contributed by atoms with Gasteiger partial charge in [-0.25, -0.2) is 0 Å². The first kappa shape index (κ1) is 22.5. The predicted molar refractivity (Wildman–Crippen MR) is 121 cm³/mol. The van der Waals surface area contributed by atoms with Crippen molar-refractivity contribution in [2.45, 2.75) is 13.8 Å². The van der Waals surface area contributed by atoms with Crippen LogP contribution in [0.15, 0.2) is 48.5 Å². The van der Waals surface area contributed by atoms with Crippen LogP contribution in [0.4, 0.5) is 11.5 Å². The number of nitrogens with zero attached hydrogens (tertiary/aromatic N) is 2. The molecule has 166 valence electrons. The van der Waals surface area contributed by atoms with Crippen molar-refractivity contribution in [1.82, 2.24) is 15.1 Å². The molecule has 32 heavy (non-hydrogen) atoms. The molecule has 0 radical (unpaired) electrons. The summed E-state index contributed by atoms with van der Waals surface area (Å²) < 4.78 is 6.88. The molecular formula is C23H25N5O4. The minimum absolute atomic E-state index is 0.112. The summed E-state index contributed by atoms with van der Waals surface area (Å²) in [5.41, 5.74) is 3.84. The van der Waals surface area contributed by atoms with Gasteiger partial charge in [0.25, 0.3) is 5.91 Å². The predicted octanol–water partition coefficient (Wildman–Crippen LogP) is 2.41. The first-order valence-corrected chi connectivity index (χ1v) is 9.95. The van der Waals surface area contributed by atoms with Crippen molar-refractivity contribution < 1.29 is 19.1 Å². The van der Waals surface area contributed by atoms with Crippen molar-refractivity contribution in [2.75, 3.05) is 24.3 Å². The Balaban J connectivity index is 1.65. The van der Waals surface area contributed by atoms with Crippen molar-refractivity contribution in [3.63, 3.8) is 0 Å². The SMILES string of the molecule is CNC(=O)COc1ccc(NC(=O)C(=O)Nc2cc(-c3ccccc3C)nn2C)c(C)c1. The van der Waals surface area contributed by atoms with Crippen LogP contribution in [0.25, 0.3) is 11.3 Å². The molecule has 0 aliphatic carbocycles. The second-order valence-electron chi connectivity index (χ2n) is 7.20. The molecule has 9 nitrogen and oxygen atoms in total. The highest BCUT2D eigenvalue weighted by molar-refractivity contribution is 6.43. The van der Waals surface area contributed by atoms with Crippen LogP contribution in [0.2, 0.25) is 0 Å². The number of hydrogen-bond acceptors (Lipinski definition) is 5. The molecule has 1 heterocycles. The number of ether oxygens (including phenoxy) is 1. The van der Waals surface area contributed by atoms with E-state index in [1.807, 2.05) is 31.2 Å². The Morgan fingerprint density at radius 1 is 0.969 bits per heavy atom. The van der Waals surface area contributed by atoms with E-state index in [9.17, 15) is 14.4 Å². The fourth-order valence-corrected chi connectivity index (χ4v) is 3.02. The van der Waals surface area contributed by atoms with Crippen molar-refractivity contribution >= 4 is 29.2 Å². The highest BCUT2D eigenvalue weighted by atomic mass is 16.5. The van der Waals surface area contributed by atoms with Crippen LogP contribution in [-0.2, 0) is 21.4 Å². The number of aryl methyl sites for hydroxylation is 3. The van der Waals surface area contributed by atoms with Gasteiger partial charge in [-0.3, -0.25) is 19.1 Å². The third-order valence-electron chi connectivity index (χ3n) is 4.84. The van der Waals surface area contributed by atoms with Crippen LogP contribution in [0, 0.1) is 13.8 Å². The summed E-state index contributed by atoms with van der Waals surface area (Å²) in [4.78, 5) is 36.1. The van der Waals surface area contributed by atoms with Gasteiger partial charge in [0.2, 0.25) is 0 Å². The Morgan fingerprint density at radius 2 is 1.69 bits per heavy atom. The summed E-state index contributed by atoms with van der Waals surface area (Å²) in [5, 5.41) is 12.1. The number of anilines is 2. The molecule has 0 unspecified atom stereocenters. The molecule has 0 aliphatic heterocycles. The highest BCUT2D eigenvalue weighted by Gasteiger charge is 2.18. The molecule has 1 aromatic heterocycles. The first-order valence-electron chi connectivity index (χ1n) is 9.95. The van der Waals surface area contributed by atoms with E-state index < -0.39 is 11.8 Å². The second-order valence-corrected chi connectivity index (χ2v) is 7.20. The molecule has 3 N–H and O–H groups in total. The quantitative estimate of drug-likeness (QED) is 0.515. The van der Waals surface area contributed by atoms with Gasteiger partial charge in [-0.2, -0.15) is 5.10 Å². The maximum absolute atomic E-state index is 12.4. The first-order chi connectivity index (χ1) is 15.3. The van der Waals surface area contributed by atoms with Crippen LogP contribution in [-0.4, -0.2) is 41.2 Å². The van der Waals surface area contributed by atoms with E-state index >= 15 is 0 Å². The molecule has 3 amide bonds. The number of amides is 3. The van der Waals surface area contributed by atoms with E-state index in [4.69, 9.17) is 4.74 Å². The van der Waals surface area contributed by atoms with E-state index in [-0.39, 0.29) is 12.5 Å². The number of likely N-dealkylation sites (N-methyl/N-ethyl adjacent to an activating group) is 1. The van der Waals surface area contributed by atoms with E-state index in [0.29, 0.717) is 28.5 Å². The summed E-state index contributed by atoms with van der Waals surface area (Å²) in [6, 6.07) is 14.4. The molecule has 0 aliphatic rings. The van der Waals surface area contributed by atoms with Gasteiger partial charge in [0.05, 0.1) is 5.69 Å². The number of carbonyl (C=O) groups excluding carboxylic acids is 3. The van der Waals surface area contributed by atoms with Crippen molar-refractivity contribution in [2.24, 2.45) is 7.05 Å². The Kier molecular flexibility index (Phi) is 6.89. The lowest BCUT2D eigenvalue weighted by Gasteiger charge is -2.11. The molecule has 0 spiro atoms. The van der Waals surface area contributed by atoms with Gasteiger partial charge in [0.15, 0.2) is 6.61 Å². The summed E-state index contributed by atoms with van der Waals surface area (Å²) in [6.07, 6.45) is 0. The average molecular weight is 435 g/mol. The largest absolute Gasteiger partial charge is 0.484 e. The fourth-order valence-electron chi connectivity index (χ4n) is 3.02. The van der Waals surface area contributed by atoms with Crippen LogP contribution >= 0.6 is 0 Å². The van der Waals surface area contributed by atoms with Crippen LogP contribution < -0.4 is 20.7 Å². The number of hydrogen-bond donors (Lipinski definition) is 3. The van der Waals surface area contributed by atoms with Crippen LogP contribution in [0.5, 0.6) is 5.75 Å². The van der Waals surface area contributed by atoms with Crippen molar-refractivity contribution in [3.05, 3.63) is 59.7 Å². The van der Waals surface area contributed by atoms with E-state index in [2.05, 4.69) is 21.0 Å². The smallest absolute Gasteiger partial charge is 0.315 e. The lowest BCUT2D eigenvalue weighted by atomic mass is 10.1.